The van der Waals surface area contributed by atoms with Gasteiger partial charge in [-0.2, -0.15) is 0 Å². The van der Waals surface area contributed by atoms with Crippen LogP contribution in [0, 0.1) is 0 Å². The van der Waals surface area contributed by atoms with E-state index in [2.05, 4.69) is 28.1 Å². The van der Waals surface area contributed by atoms with E-state index in [1.807, 2.05) is 43.3 Å². The minimum atomic E-state index is -0.815. The van der Waals surface area contributed by atoms with Crippen LogP contribution in [-0.4, -0.2) is 11.0 Å². The monoisotopic (exact) mass is 352 g/mol. The summed E-state index contributed by atoms with van der Waals surface area (Å²) in [6.07, 6.45) is 1.48. The number of alkyl halides is 1. The third-order valence-corrected chi connectivity index (χ3v) is 4.22. The molecule has 0 saturated heterocycles. The van der Waals surface area contributed by atoms with Gasteiger partial charge in [-0.3, -0.25) is 0 Å². The zero-order valence-corrected chi connectivity index (χ0v) is 13.8. The van der Waals surface area contributed by atoms with Crippen LogP contribution in [0.5, 0.6) is 0 Å². The molecule has 0 aliphatic rings. The van der Waals surface area contributed by atoms with Gasteiger partial charge in [0.2, 0.25) is 0 Å². The van der Waals surface area contributed by atoms with Crippen LogP contribution in [0.1, 0.15) is 25.3 Å². The average Bonchev–Trinajstić information content (AvgIpc) is 2.45. The summed E-state index contributed by atoms with van der Waals surface area (Å²) in [6, 6.07) is 16.3. The van der Waals surface area contributed by atoms with E-state index in [9.17, 15) is 5.11 Å². The minimum absolute atomic E-state index is 0.576. The van der Waals surface area contributed by atoms with Gasteiger partial charge in [0.1, 0.15) is 0 Å². The van der Waals surface area contributed by atoms with E-state index in [-0.39, 0.29) is 0 Å². The first-order valence-corrected chi connectivity index (χ1v) is 8.00. The largest absolute Gasteiger partial charge is 0.385 e. The second-order valence-electron chi connectivity index (χ2n) is 5.15. The van der Waals surface area contributed by atoms with E-state index in [0.29, 0.717) is 12.3 Å². The van der Waals surface area contributed by atoms with Crippen LogP contribution in [-0.2, 0) is 5.60 Å². The van der Waals surface area contributed by atoms with Gasteiger partial charge >= 0.3 is 0 Å². The molecule has 0 amide bonds. The fraction of sp³-hybridized carbons (Fsp3) is 0.294. The molecule has 106 valence electrons. The molecule has 0 fully saturated rings. The van der Waals surface area contributed by atoms with E-state index in [1.54, 1.807) is 0 Å². The maximum absolute atomic E-state index is 10.5. The van der Waals surface area contributed by atoms with Gasteiger partial charge in [-0.05, 0) is 48.6 Å². The van der Waals surface area contributed by atoms with Crippen LogP contribution in [0.15, 0.2) is 53.0 Å². The van der Waals surface area contributed by atoms with Crippen LogP contribution >= 0.6 is 27.5 Å². The summed E-state index contributed by atoms with van der Waals surface area (Å²) in [5.41, 5.74) is 2.42. The number of hydrogen-bond acceptors (Lipinski definition) is 1. The van der Waals surface area contributed by atoms with Gasteiger partial charge in [0.15, 0.2) is 0 Å². The van der Waals surface area contributed by atoms with E-state index < -0.39 is 5.60 Å². The second-order valence-corrected chi connectivity index (χ2v) is 6.45. The van der Waals surface area contributed by atoms with Crippen LogP contribution in [0.3, 0.4) is 0 Å². The molecule has 3 heteroatoms. The molecule has 0 aliphatic carbocycles. The van der Waals surface area contributed by atoms with Gasteiger partial charge in [0, 0.05) is 10.4 Å². The molecule has 2 aromatic carbocycles. The van der Waals surface area contributed by atoms with Crippen molar-refractivity contribution in [1.29, 1.82) is 0 Å². The summed E-state index contributed by atoms with van der Waals surface area (Å²) in [5.74, 6) is 0.576. The third-order valence-electron chi connectivity index (χ3n) is 3.46. The molecule has 20 heavy (non-hydrogen) atoms. The standard InChI is InChI=1S/C17H18BrClO/c1-17(20,10-3-11-19)15-8-6-13(7-9-15)14-4-2-5-16(18)12-14/h2,4-9,12,20H,3,10-11H2,1H3. The SMILES string of the molecule is CC(O)(CCCCl)c1ccc(-c2cccc(Br)c2)cc1. The lowest BCUT2D eigenvalue weighted by Gasteiger charge is -2.23. The van der Waals surface area contributed by atoms with Gasteiger partial charge < -0.3 is 5.11 Å². The maximum atomic E-state index is 10.5. The van der Waals surface area contributed by atoms with Gasteiger partial charge in [-0.15, -0.1) is 11.6 Å². The number of benzene rings is 2. The smallest absolute Gasteiger partial charge is 0.0869 e. The maximum Gasteiger partial charge on any atom is 0.0869 e. The first-order valence-electron chi connectivity index (χ1n) is 6.68. The van der Waals surface area contributed by atoms with Crippen molar-refractivity contribution in [1.82, 2.24) is 0 Å². The van der Waals surface area contributed by atoms with Crippen LogP contribution in [0.2, 0.25) is 0 Å². The van der Waals surface area contributed by atoms with Crippen LogP contribution in [0.4, 0.5) is 0 Å². The topological polar surface area (TPSA) is 20.2 Å². The van der Waals surface area contributed by atoms with Crippen molar-refractivity contribution in [2.24, 2.45) is 0 Å². The highest BCUT2D eigenvalue weighted by molar-refractivity contribution is 9.10. The molecule has 0 saturated carbocycles. The lowest BCUT2D eigenvalue weighted by atomic mass is 9.90. The Labute approximate surface area is 133 Å². The van der Waals surface area contributed by atoms with E-state index in [1.165, 1.54) is 0 Å². The van der Waals surface area contributed by atoms with Crippen LogP contribution < -0.4 is 0 Å². The molecule has 0 spiro atoms. The summed E-state index contributed by atoms with van der Waals surface area (Å²) in [6.45, 7) is 1.84. The Morgan fingerprint density at radius 1 is 1.10 bits per heavy atom. The summed E-state index contributed by atoms with van der Waals surface area (Å²) >= 11 is 9.18. The second kappa shape index (κ2) is 6.75. The Balaban J connectivity index is 2.22. The highest BCUT2D eigenvalue weighted by Crippen LogP contribution is 2.29. The lowest BCUT2D eigenvalue weighted by Crippen LogP contribution is -2.21. The zero-order valence-electron chi connectivity index (χ0n) is 11.4. The van der Waals surface area contributed by atoms with E-state index >= 15 is 0 Å². The molecule has 2 rings (SSSR count). The highest BCUT2D eigenvalue weighted by Gasteiger charge is 2.22. The quantitative estimate of drug-likeness (QED) is 0.719. The van der Waals surface area contributed by atoms with Crippen molar-refractivity contribution >= 4 is 27.5 Å². The molecule has 0 heterocycles. The number of halogens is 2. The lowest BCUT2D eigenvalue weighted by molar-refractivity contribution is 0.0472. The average molecular weight is 354 g/mol. The fourth-order valence-corrected chi connectivity index (χ4v) is 2.78. The predicted octanol–water partition coefficient (Wildman–Crippen LogP) is 5.34. The van der Waals surface area contributed by atoms with E-state index in [4.69, 9.17) is 11.6 Å². The first-order chi connectivity index (χ1) is 9.53. The zero-order chi connectivity index (χ0) is 14.6. The van der Waals surface area contributed by atoms with Gasteiger partial charge in [-0.25, -0.2) is 0 Å². The Kier molecular flexibility index (Phi) is 5.25. The Bertz CT molecular complexity index is 563. The van der Waals surface area contributed by atoms with Crippen molar-refractivity contribution < 1.29 is 5.11 Å². The predicted molar refractivity (Wildman–Crippen MR) is 89.1 cm³/mol. The summed E-state index contributed by atoms with van der Waals surface area (Å²) in [5, 5.41) is 10.5. The van der Waals surface area contributed by atoms with Gasteiger partial charge in [0.25, 0.3) is 0 Å². The minimum Gasteiger partial charge on any atom is -0.385 e. The molecular formula is C17H18BrClO. The van der Waals surface area contributed by atoms with Crippen molar-refractivity contribution in [3.63, 3.8) is 0 Å². The molecule has 0 radical (unpaired) electrons. The molecular weight excluding hydrogens is 336 g/mol. The molecule has 0 bridgehead atoms. The van der Waals surface area contributed by atoms with Gasteiger partial charge in [-0.1, -0.05) is 52.3 Å². The summed E-state index contributed by atoms with van der Waals surface area (Å²) in [4.78, 5) is 0. The Hall–Kier alpha value is -0.830. The van der Waals surface area contributed by atoms with Crippen molar-refractivity contribution in [2.75, 3.05) is 5.88 Å². The third kappa shape index (κ3) is 3.85. The first kappa shape index (κ1) is 15.6. The number of aliphatic hydroxyl groups is 1. The number of rotatable bonds is 5. The molecule has 1 atom stereocenters. The fourth-order valence-electron chi connectivity index (χ4n) is 2.25. The number of hydrogen-bond donors (Lipinski definition) is 1. The molecule has 0 aromatic heterocycles. The Morgan fingerprint density at radius 3 is 2.40 bits per heavy atom. The summed E-state index contributed by atoms with van der Waals surface area (Å²) in [7, 11) is 0. The normalized spacial score (nSPS) is 14.0. The summed E-state index contributed by atoms with van der Waals surface area (Å²) < 4.78 is 1.06. The van der Waals surface area contributed by atoms with Crippen molar-refractivity contribution in [3.8, 4) is 11.1 Å². The van der Waals surface area contributed by atoms with Gasteiger partial charge in [0.05, 0.1) is 5.60 Å². The van der Waals surface area contributed by atoms with Crippen molar-refractivity contribution in [3.05, 3.63) is 58.6 Å². The molecule has 1 N–H and O–H groups in total. The molecule has 2 aromatic rings. The Morgan fingerprint density at radius 2 is 1.80 bits per heavy atom. The van der Waals surface area contributed by atoms with E-state index in [0.717, 1.165) is 27.6 Å². The molecule has 0 aliphatic heterocycles. The van der Waals surface area contributed by atoms with Crippen molar-refractivity contribution in [2.45, 2.75) is 25.4 Å². The van der Waals surface area contributed by atoms with Crippen LogP contribution in [0.25, 0.3) is 11.1 Å². The highest BCUT2D eigenvalue weighted by atomic mass is 79.9. The molecule has 1 nitrogen and oxygen atoms in total. The molecule has 1 unspecified atom stereocenters.